The average molecular weight is 292 g/mol. The lowest BCUT2D eigenvalue weighted by Gasteiger charge is -2.16. The average Bonchev–Trinajstić information content (AvgIpc) is 2.64. The molecule has 86 valence electrons. The Morgan fingerprint density at radius 3 is 2.93 bits per heavy atom. The Labute approximate surface area is 104 Å². The monoisotopic (exact) mass is 291 g/mol. The van der Waals surface area contributed by atoms with Crippen molar-refractivity contribution < 1.29 is 4.74 Å². The number of hydrogen-bond acceptors (Lipinski definition) is 3. The molecule has 1 heterocycles. The first-order valence-corrected chi connectivity index (χ1v) is 6.92. The van der Waals surface area contributed by atoms with Gasteiger partial charge >= 0.3 is 0 Å². The van der Waals surface area contributed by atoms with Crippen molar-refractivity contribution in [3.63, 3.8) is 0 Å². The van der Waals surface area contributed by atoms with Gasteiger partial charge in [0.05, 0.1) is 0 Å². The first-order valence-electron chi connectivity index (χ1n) is 5.24. The Bertz CT molecular complexity index is 277. The summed E-state index contributed by atoms with van der Waals surface area (Å²) in [5.74, 6) is 0. The summed E-state index contributed by atoms with van der Waals surface area (Å²) in [6.07, 6.45) is 2.22. The fraction of sp³-hybridized carbons (Fsp3) is 0.636. The summed E-state index contributed by atoms with van der Waals surface area (Å²) in [7, 11) is 1.75. The number of ether oxygens (including phenoxy) is 1. The van der Waals surface area contributed by atoms with Gasteiger partial charge in [0, 0.05) is 29.1 Å². The molecule has 0 aliphatic heterocycles. The summed E-state index contributed by atoms with van der Waals surface area (Å²) in [6, 6.07) is 2.57. The van der Waals surface area contributed by atoms with Gasteiger partial charge in [-0.3, -0.25) is 0 Å². The lowest BCUT2D eigenvalue weighted by Crippen LogP contribution is -2.20. The molecule has 0 bridgehead atoms. The molecule has 2 nitrogen and oxygen atoms in total. The van der Waals surface area contributed by atoms with Gasteiger partial charge < -0.3 is 10.1 Å². The van der Waals surface area contributed by atoms with Gasteiger partial charge in [-0.05, 0) is 46.8 Å². The van der Waals surface area contributed by atoms with Crippen LogP contribution in [-0.4, -0.2) is 20.3 Å². The quantitative estimate of drug-likeness (QED) is 0.775. The Hall–Kier alpha value is 0.100. The van der Waals surface area contributed by atoms with Gasteiger partial charge in [0.1, 0.15) is 0 Å². The minimum absolute atomic E-state index is 0.458. The third kappa shape index (κ3) is 4.23. The number of hydrogen-bond donors (Lipinski definition) is 1. The Morgan fingerprint density at radius 1 is 1.60 bits per heavy atom. The number of nitrogens with one attached hydrogen (secondary N) is 1. The first kappa shape index (κ1) is 13.2. The molecule has 1 aromatic heterocycles. The van der Waals surface area contributed by atoms with E-state index in [1.807, 2.05) is 0 Å². The van der Waals surface area contributed by atoms with Crippen LogP contribution in [0.2, 0.25) is 0 Å². The van der Waals surface area contributed by atoms with Crippen molar-refractivity contribution >= 4 is 27.3 Å². The van der Waals surface area contributed by atoms with Crippen LogP contribution in [0.3, 0.4) is 0 Å². The summed E-state index contributed by atoms with van der Waals surface area (Å²) in [5, 5.41) is 5.63. The van der Waals surface area contributed by atoms with E-state index in [4.69, 9.17) is 4.74 Å². The van der Waals surface area contributed by atoms with Gasteiger partial charge in [-0.15, -0.1) is 11.3 Å². The number of halogens is 1. The summed E-state index contributed by atoms with van der Waals surface area (Å²) in [5.41, 5.74) is 0. The van der Waals surface area contributed by atoms with Gasteiger partial charge in [0.15, 0.2) is 0 Å². The van der Waals surface area contributed by atoms with E-state index >= 15 is 0 Å². The standard InChI is InChI=1S/C11H18BrNOS/c1-3-13-10(5-4-7-14-2)11-9(12)6-8-15-11/h6,8,10,13H,3-5,7H2,1-2H3. The van der Waals surface area contributed by atoms with Crippen LogP contribution in [0.1, 0.15) is 30.7 Å². The topological polar surface area (TPSA) is 21.3 Å². The molecule has 0 aliphatic carbocycles. The first-order chi connectivity index (χ1) is 7.29. The van der Waals surface area contributed by atoms with Gasteiger partial charge in [-0.1, -0.05) is 6.92 Å². The molecule has 0 radical (unpaired) electrons. The number of thiophene rings is 1. The predicted octanol–water partition coefficient (Wildman–Crippen LogP) is 3.59. The van der Waals surface area contributed by atoms with Crippen molar-refractivity contribution in [3.05, 3.63) is 20.8 Å². The Morgan fingerprint density at radius 2 is 2.40 bits per heavy atom. The molecule has 0 fully saturated rings. The lowest BCUT2D eigenvalue weighted by molar-refractivity contribution is 0.189. The number of methoxy groups -OCH3 is 1. The maximum atomic E-state index is 5.08. The molecule has 0 saturated heterocycles. The zero-order valence-electron chi connectivity index (χ0n) is 9.25. The lowest BCUT2D eigenvalue weighted by atomic mass is 10.1. The zero-order chi connectivity index (χ0) is 11.1. The van der Waals surface area contributed by atoms with E-state index in [-0.39, 0.29) is 0 Å². The molecule has 0 saturated carbocycles. The Balaban J connectivity index is 2.53. The molecule has 0 amide bonds. The fourth-order valence-corrected chi connectivity index (χ4v) is 3.32. The normalized spacial score (nSPS) is 13.0. The molecular weight excluding hydrogens is 274 g/mol. The molecule has 15 heavy (non-hydrogen) atoms. The predicted molar refractivity (Wildman–Crippen MR) is 69.5 cm³/mol. The van der Waals surface area contributed by atoms with E-state index in [2.05, 4.69) is 39.6 Å². The van der Waals surface area contributed by atoms with Crippen molar-refractivity contribution in [2.24, 2.45) is 0 Å². The molecule has 1 aromatic rings. The van der Waals surface area contributed by atoms with Crippen LogP contribution in [0.15, 0.2) is 15.9 Å². The van der Waals surface area contributed by atoms with Crippen molar-refractivity contribution in [1.29, 1.82) is 0 Å². The maximum absolute atomic E-state index is 5.08. The maximum Gasteiger partial charge on any atom is 0.0462 e. The van der Waals surface area contributed by atoms with Crippen LogP contribution in [-0.2, 0) is 4.74 Å². The van der Waals surface area contributed by atoms with Crippen LogP contribution in [0.5, 0.6) is 0 Å². The van der Waals surface area contributed by atoms with E-state index < -0.39 is 0 Å². The van der Waals surface area contributed by atoms with E-state index in [1.165, 1.54) is 9.35 Å². The summed E-state index contributed by atoms with van der Waals surface area (Å²) in [6.45, 7) is 3.98. The molecule has 0 spiro atoms. The second kappa shape index (κ2) is 7.39. The molecular formula is C11H18BrNOS. The zero-order valence-corrected chi connectivity index (χ0v) is 11.7. The second-order valence-corrected chi connectivity index (χ2v) is 5.18. The highest BCUT2D eigenvalue weighted by atomic mass is 79.9. The smallest absolute Gasteiger partial charge is 0.0462 e. The SMILES string of the molecule is CCNC(CCCOC)c1sccc1Br. The van der Waals surface area contributed by atoms with Crippen molar-refractivity contribution in [3.8, 4) is 0 Å². The van der Waals surface area contributed by atoms with Crippen LogP contribution in [0.4, 0.5) is 0 Å². The molecule has 1 N–H and O–H groups in total. The minimum Gasteiger partial charge on any atom is -0.385 e. The van der Waals surface area contributed by atoms with Gasteiger partial charge in [0.2, 0.25) is 0 Å². The van der Waals surface area contributed by atoms with Gasteiger partial charge in [0.25, 0.3) is 0 Å². The summed E-state index contributed by atoms with van der Waals surface area (Å²) in [4.78, 5) is 1.40. The van der Waals surface area contributed by atoms with E-state index in [1.54, 1.807) is 18.4 Å². The van der Waals surface area contributed by atoms with Crippen molar-refractivity contribution in [1.82, 2.24) is 5.32 Å². The number of rotatable bonds is 7. The molecule has 1 unspecified atom stereocenters. The van der Waals surface area contributed by atoms with Crippen molar-refractivity contribution in [2.45, 2.75) is 25.8 Å². The van der Waals surface area contributed by atoms with Gasteiger partial charge in [-0.2, -0.15) is 0 Å². The third-order valence-corrected chi connectivity index (χ3v) is 4.24. The highest BCUT2D eigenvalue weighted by Crippen LogP contribution is 2.31. The van der Waals surface area contributed by atoms with Crippen LogP contribution >= 0.6 is 27.3 Å². The van der Waals surface area contributed by atoms with E-state index in [0.717, 1.165) is 26.0 Å². The van der Waals surface area contributed by atoms with Crippen molar-refractivity contribution in [2.75, 3.05) is 20.3 Å². The summed E-state index contributed by atoms with van der Waals surface area (Å²) >= 11 is 5.39. The van der Waals surface area contributed by atoms with Crippen LogP contribution < -0.4 is 5.32 Å². The molecule has 1 atom stereocenters. The molecule has 1 rings (SSSR count). The second-order valence-electron chi connectivity index (χ2n) is 3.38. The molecule has 0 aromatic carbocycles. The molecule has 0 aliphatic rings. The summed E-state index contributed by atoms with van der Waals surface area (Å²) < 4.78 is 6.30. The minimum atomic E-state index is 0.458. The van der Waals surface area contributed by atoms with Crippen LogP contribution in [0, 0.1) is 0 Å². The highest BCUT2D eigenvalue weighted by Gasteiger charge is 2.14. The third-order valence-electron chi connectivity index (χ3n) is 2.25. The van der Waals surface area contributed by atoms with Crippen LogP contribution in [0.25, 0.3) is 0 Å². The fourth-order valence-electron chi connectivity index (χ4n) is 1.56. The highest BCUT2D eigenvalue weighted by molar-refractivity contribution is 9.10. The van der Waals surface area contributed by atoms with Gasteiger partial charge in [-0.25, -0.2) is 0 Å². The Kier molecular flexibility index (Phi) is 6.48. The van der Waals surface area contributed by atoms with E-state index in [9.17, 15) is 0 Å². The largest absolute Gasteiger partial charge is 0.385 e. The molecule has 4 heteroatoms. The van der Waals surface area contributed by atoms with E-state index in [0.29, 0.717) is 6.04 Å².